The average Bonchev–Trinajstić information content (AvgIpc) is 2.40. The van der Waals surface area contributed by atoms with Gasteiger partial charge in [0.2, 0.25) is 0 Å². The first-order valence-electron chi connectivity index (χ1n) is 5.66. The maximum Gasteiger partial charge on any atom is 0.356 e. The molecule has 0 radical (unpaired) electrons. The van der Waals surface area contributed by atoms with Crippen LogP contribution >= 0.6 is 11.6 Å². The molecule has 0 aliphatic rings. The van der Waals surface area contributed by atoms with Gasteiger partial charge in [-0.2, -0.15) is 0 Å². The highest BCUT2D eigenvalue weighted by molar-refractivity contribution is 6.31. The number of nitrogens with zero attached hydrogens (tertiary/aromatic N) is 2. The molecule has 0 atom stereocenters. The molecule has 0 aliphatic carbocycles. The normalized spacial score (nSPS) is 11.0. The number of rotatable bonds is 3. The number of aryl methyl sites for hydroxylation is 1. The Morgan fingerprint density at radius 1 is 1.38 bits per heavy atom. The second-order valence-corrected chi connectivity index (χ2v) is 4.53. The van der Waals surface area contributed by atoms with Crippen LogP contribution in [0.25, 0.3) is 11.3 Å². The highest BCUT2D eigenvalue weighted by Crippen LogP contribution is 2.35. The Morgan fingerprint density at radius 3 is 2.57 bits per heavy atom. The molecule has 2 aromatic rings. The summed E-state index contributed by atoms with van der Waals surface area (Å²) in [5, 5.41) is 8.51. The number of halogens is 4. The fraction of sp³-hybridized carbons (Fsp3) is 0.154. The zero-order valence-corrected chi connectivity index (χ0v) is 11.3. The minimum atomic E-state index is -2.94. The number of hydrogen-bond donors (Lipinski definition) is 1. The van der Waals surface area contributed by atoms with Crippen LogP contribution in [0, 0.1) is 12.7 Å². The van der Waals surface area contributed by atoms with Crippen molar-refractivity contribution in [1.29, 1.82) is 0 Å². The first-order chi connectivity index (χ1) is 9.82. The second kappa shape index (κ2) is 5.69. The molecule has 1 N–H and O–H groups in total. The van der Waals surface area contributed by atoms with Gasteiger partial charge in [0.05, 0.1) is 22.6 Å². The summed E-state index contributed by atoms with van der Waals surface area (Å²) in [6, 6.07) is 2.02. The number of benzene rings is 1. The Morgan fingerprint density at radius 2 is 2.05 bits per heavy atom. The van der Waals surface area contributed by atoms with Crippen LogP contribution < -0.4 is 0 Å². The monoisotopic (exact) mass is 316 g/mol. The van der Waals surface area contributed by atoms with Crippen molar-refractivity contribution in [2.45, 2.75) is 13.3 Å². The van der Waals surface area contributed by atoms with Crippen LogP contribution in [-0.4, -0.2) is 21.0 Å². The molecule has 1 heterocycles. The van der Waals surface area contributed by atoms with Gasteiger partial charge in [0, 0.05) is 11.1 Å². The summed E-state index contributed by atoms with van der Waals surface area (Å²) < 4.78 is 40.0. The van der Waals surface area contributed by atoms with Crippen molar-refractivity contribution in [1.82, 2.24) is 9.97 Å². The lowest BCUT2D eigenvalue weighted by Gasteiger charge is -2.11. The minimum Gasteiger partial charge on any atom is -0.476 e. The highest BCUT2D eigenvalue weighted by atomic mass is 35.5. The maximum absolute atomic E-state index is 14.0. The molecule has 0 unspecified atom stereocenters. The van der Waals surface area contributed by atoms with E-state index < -0.39 is 29.3 Å². The first-order valence-corrected chi connectivity index (χ1v) is 6.04. The van der Waals surface area contributed by atoms with Gasteiger partial charge in [0.25, 0.3) is 6.43 Å². The van der Waals surface area contributed by atoms with Crippen LogP contribution in [0.1, 0.15) is 28.2 Å². The molecule has 2 rings (SSSR count). The minimum absolute atomic E-state index is 0.0143. The standard InChI is InChI=1S/C13H8ClF3N2O2/c1-5-11(13(20)21)18-4-8(19-5)9-6(12(16)17)2-3-7(14)10(9)15/h2-4,12H,1H3,(H,20,21). The van der Waals surface area contributed by atoms with E-state index in [9.17, 15) is 18.0 Å². The number of carboxylic acids is 1. The van der Waals surface area contributed by atoms with Gasteiger partial charge in [-0.3, -0.25) is 0 Å². The van der Waals surface area contributed by atoms with Crippen LogP contribution in [0.15, 0.2) is 18.3 Å². The third-order valence-electron chi connectivity index (χ3n) is 2.77. The van der Waals surface area contributed by atoms with E-state index in [1.807, 2.05) is 0 Å². The average molecular weight is 317 g/mol. The predicted octanol–water partition coefficient (Wildman–Crippen LogP) is 3.88. The lowest BCUT2D eigenvalue weighted by atomic mass is 10.0. The highest BCUT2D eigenvalue weighted by Gasteiger charge is 2.22. The third kappa shape index (κ3) is 2.82. The molecule has 0 fully saturated rings. The van der Waals surface area contributed by atoms with Gasteiger partial charge < -0.3 is 5.11 Å². The molecule has 0 bridgehead atoms. The van der Waals surface area contributed by atoms with Gasteiger partial charge in [-0.05, 0) is 13.0 Å². The summed E-state index contributed by atoms with van der Waals surface area (Å²) in [5.41, 5.74) is -1.62. The van der Waals surface area contributed by atoms with Gasteiger partial charge in [0.1, 0.15) is 0 Å². The molecular weight excluding hydrogens is 309 g/mol. The fourth-order valence-electron chi connectivity index (χ4n) is 1.82. The zero-order chi connectivity index (χ0) is 15.7. The molecule has 4 nitrogen and oxygen atoms in total. The fourth-order valence-corrected chi connectivity index (χ4v) is 1.98. The second-order valence-electron chi connectivity index (χ2n) is 4.12. The molecule has 0 saturated carbocycles. The van der Waals surface area contributed by atoms with E-state index in [1.54, 1.807) is 0 Å². The van der Waals surface area contributed by atoms with E-state index in [0.29, 0.717) is 0 Å². The summed E-state index contributed by atoms with van der Waals surface area (Å²) >= 11 is 5.60. The Hall–Kier alpha value is -2.15. The number of carboxylic acid groups (broad SMARTS) is 1. The third-order valence-corrected chi connectivity index (χ3v) is 3.06. The smallest absolute Gasteiger partial charge is 0.356 e. The van der Waals surface area contributed by atoms with Crippen LogP contribution in [0.3, 0.4) is 0 Å². The summed E-state index contributed by atoms with van der Waals surface area (Å²) in [7, 11) is 0. The van der Waals surface area contributed by atoms with Crippen LogP contribution in [0.4, 0.5) is 13.2 Å². The number of hydrogen-bond acceptors (Lipinski definition) is 3. The van der Waals surface area contributed by atoms with Crippen molar-refractivity contribution in [3.8, 4) is 11.3 Å². The molecule has 0 spiro atoms. The Labute approximate surface area is 122 Å². The lowest BCUT2D eigenvalue weighted by molar-refractivity contribution is 0.0689. The van der Waals surface area contributed by atoms with Gasteiger partial charge in [0.15, 0.2) is 11.5 Å². The van der Waals surface area contributed by atoms with E-state index in [0.717, 1.165) is 18.3 Å². The summed E-state index contributed by atoms with van der Waals surface area (Å²) in [6.07, 6.45) is -2.01. The van der Waals surface area contributed by atoms with Crippen LogP contribution in [-0.2, 0) is 0 Å². The first kappa shape index (κ1) is 15.2. The topological polar surface area (TPSA) is 63.1 Å². The maximum atomic E-state index is 14.0. The Balaban J connectivity index is 2.69. The SMILES string of the molecule is Cc1nc(-c2c(C(F)F)ccc(Cl)c2F)cnc1C(=O)O. The van der Waals surface area contributed by atoms with Gasteiger partial charge in [-0.15, -0.1) is 0 Å². The zero-order valence-electron chi connectivity index (χ0n) is 10.6. The predicted molar refractivity (Wildman–Crippen MR) is 69.1 cm³/mol. The largest absolute Gasteiger partial charge is 0.476 e. The van der Waals surface area contributed by atoms with Crippen molar-refractivity contribution in [3.05, 3.63) is 46.1 Å². The summed E-state index contributed by atoms with van der Waals surface area (Å²) in [6.45, 7) is 1.34. The van der Waals surface area contributed by atoms with E-state index >= 15 is 0 Å². The molecular formula is C13H8ClF3N2O2. The summed E-state index contributed by atoms with van der Waals surface area (Å²) in [5.74, 6) is -2.36. The van der Waals surface area contributed by atoms with Crippen LogP contribution in [0.5, 0.6) is 0 Å². The van der Waals surface area contributed by atoms with Crippen molar-refractivity contribution < 1.29 is 23.1 Å². The Kier molecular flexibility index (Phi) is 4.13. The van der Waals surface area contributed by atoms with E-state index in [2.05, 4.69) is 9.97 Å². The molecule has 0 aliphatic heterocycles. The number of carbonyl (C=O) groups is 1. The molecule has 1 aromatic heterocycles. The summed E-state index contributed by atoms with van der Waals surface area (Å²) in [4.78, 5) is 18.3. The van der Waals surface area contributed by atoms with E-state index in [4.69, 9.17) is 16.7 Å². The van der Waals surface area contributed by atoms with E-state index in [-0.39, 0.29) is 22.1 Å². The Bertz CT molecular complexity index is 723. The quantitative estimate of drug-likeness (QED) is 0.933. The molecule has 0 amide bonds. The van der Waals surface area contributed by atoms with Crippen molar-refractivity contribution in [3.63, 3.8) is 0 Å². The molecule has 0 saturated heterocycles. The molecule has 1 aromatic carbocycles. The van der Waals surface area contributed by atoms with Gasteiger partial charge >= 0.3 is 5.97 Å². The van der Waals surface area contributed by atoms with Crippen molar-refractivity contribution >= 4 is 17.6 Å². The van der Waals surface area contributed by atoms with Gasteiger partial charge in [-0.25, -0.2) is 27.9 Å². The van der Waals surface area contributed by atoms with Crippen LogP contribution in [0.2, 0.25) is 5.02 Å². The number of alkyl halides is 2. The lowest BCUT2D eigenvalue weighted by Crippen LogP contribution is -2.07. The number of aromatic carboxylic acids is 1. The van der Waals surface area contributed by atoms with E-state index in [1.165, 1.54) is 6.92 Å². The molecule has 110 valence electrons. The molecule has 21 heavy (non-hydrogen) atoms. The van der Waals surface area contributed by atoms with Crippen molar-refractivity contribution in [2.24, 2.45) is 0 Å². The van der Waals surface area contributed by atoms with Gasteiger partial charge in [-0.1, -0.05) is 17.7 Å². The molecule has 8 heteroatoms. The number of aromatic nitrogens is 2. The van der Waals surface area contributed by atoms with Crippen molar-refractivity contribution in [2.75, 3.05) is 0 Å².